The van der Waals surface area contributed by atoms with Gasteiger partial charge in [-0.3, -0.25) is 9.78 Å². The molecule has 0 spiro atoms. The summed E-state index contributed by atoms with van der Waals surface area (Å²) in [6.45, 7) is 2.15. The number of carbonyl (C=O) groups excluding carboxylic acids is 1. The molecule has 0 aliphatic rings. The van der Waals surface area contributed by atoms with Gasteiger partial charge in [0.25, 0.3) is 0 Å². The van der Waals surface area contributed by atoms with Gasteiger partial charge in [-0.1, -0.05) is 49.7 Å². The molecule has 2 aromatic carbocycles. The molecule has 2 aromatic heterocycles. The number of hydrogen-bond acceptors (Lipinski definition) is 6. The molecule has 4 rings (SSSR count). The molecular weight excluding hydrogens is 412 g/mol. The summed E-state index contributed by atoms with van der Waals surface area (Å²) in [4.78, 5) is 26.3. The normalized spacial score (nSPS) is 10.7. The van der Waals surface area contributed by atoms with Crippen molar-refractivity contribution in [1.29, 1.82) is 0 Å². The molecule has 2 N–H and O–H groups in total. The number of rotatable bonds is 8. The minimum atomic E-state index is -0.207. The van der Waals surface area contributed by atoms with Crippen molar-refractivity contribution in [3.63, 3.8) is 0 Å². The Morgan fingerprint density at radius 2 is 1.85 bits per heavy atom. The minimum absolute atomic E-state index is 0.109. The molecule has 0 bridgehead atoms. The fraction of sp³-hybridized carbons (Fsp3) is 0.185. The molecule has 0 saturated carbocycles. The van der Waals surface area contributed by atoms with Crippen LogP contribution >= 0.6 is 0 Å². The van der Waals surface area contributed by atoms with E-state index < -0.39 is 0 Å². The van der Waals surface area contributed by atoms with E-state index >= 15 is 0 Å². The first-order valence-electron chi connectivity index (χ1n) is 10.9. The van der Waals surface area contributed by atoms with E-state index in [1.165, 1.54) is 5.56 Å². The first kappa shape index (κ1) is 22.1. The molecule has 0 fully saturated rings. The van der Waals surface area contributed by atoms with Gasteiger partial charge in [0.15, 0.2) is 11.6 Å². The fourth-order valence-electron chi connectivity index (χ4n) is 3.77. The maximum absolute atomic E-state index is 13.2. The van der Waals surface area contributed by atoms with Crippen LogP contribution in [0.4, 0.5) is 5.82 Å². The van der Waals surface area contributed by atoms with Gasteiger partial charge in [-0.15, -0.1) is 0 Å². The van der Waals surface area contributed by atoms with Gasteiger partial charge >= 0.3 is 0 Å². The average Bonchev–Trinajstić information content (AvgIpc) is 2.85. The Hall–Kier alpha value is -4.06. The highest BCUT2D eigenvalue weighted by Crippen LogP contribution is 2.28. The monoisotopic (exact) mass is 438 g/mol. The summed E-state index contributed by atoms with van der Waals surface area (Å²) in [5.41, 5.74) is 11.6. The van der Waals surface area contributed by atoms with E-state index in [9.17, 15) is 4.79 Å². The Morgan fingerprint density at radius 3 is 2.61 bits per heavy atom. The van der Waals surface area contributed by atoms with Crippen LogP contribution in [0.5, 0.6) is 5.75 Å². The van der Waals surface area contributed by atoms with Crippen LogP contribution in [0.15, 0.2) is 73.2 Å². The lowest BCUT2D eigenvalue weighted by molar-refractivity contribution is 0.0989. The highest BCUT2D eigenvalue weighted by molar-refractivity contribution is 6.00. The van der Waals surface area contributed by atoms with Crippen molar-refractivity contribution >= 4 is 11.6 Å². The number of nitrogens with zero attached hydrogens (tertiary/aromatic N) is 3. The zero-order valence-corrected chi connectivity index (χ0v) is 18.8. The van der Waals surface area contributed by atoms with Crippen LogP contribution in [-0.4, -0.2) is 27.8 Å². The number of anilines is 1. The third-order valence-electron chi connectivity index (χ3n) is 5.49. The van der Waals surface area contributed by atoms with Crippen molar-refractivity contribution in [2.45, 2.75) is 26.2 Å². The van der Waals surface area contributed by atoms with Crippen molar-refractivity contribution in [2.24, 2.45) is 0 Å². The maximum Gasteiger partial charge on any atom is 0.189 e. The second-order valence-electron chi connectivity index (χ2n) is 7.80. The predicted octanol–water partition coefficient (Wildman–Crippen LogP) is 5.17. The molecular formula is C27H26N4O2. The number of nitrogen functional groups attached to an aromatic ring is 1. The number of aromatic nitrogens is 3. The zero-order valence-electron chi connectivity index (χ0n) is 18.8. The average molecular weight is 439 g/mol. The molecule has 6 heteroatoms. The number of methoxy groups -OCH3 is 1. The van der Waals surface area contributed by atoms with Gasteiger partial charge in [-0.25, -0.2) is 9.97 Å². The number of pyridine rings is 1. The topological polar surface area (TPSA) is 91.0 Å². The molecule has 6 nitrogen and oxygen atoms in total. The summed E-state index contributed by atoms with van der Waals surface area (Å²) in [5, 5.41) is 0. The smallest absolute Gasteiger partial charge is 0.189 e. The maximum atomic E-state index is 13.2. The van der Waals surface area contributed by atoms with E-state index in [4.69, 9.17) is 10.5 Å². The Kier molecular flexibility index (Phi) is 6.74. The highest BCUT2D eigenvalue weighted by Gasteiger charge is 2.18. The summed E-state index contributed by atoms with van der Waals surface area (Å²) in [7, 11) is 1.63. The van der Waals surface area contributed by atoms with E-state index in [0.29, 0.717) is 5.69 Å². The molecule has 0 atom stereocenters. The Labute approximate surface area is 193 Å². The van der Waals surface area contributed by atoms with E-state index in [0.717, 1.165) is 40.8 Å². The molecule has 0 aliphatic heterocycles. The first-order valence-corrected chi connectivity index (χ1v) is 10.9. The second kappa shape index (κ2) is 10.0. The fourth-order valence-corrected chi connectivity index (χ4v) is 3.77. The van der Waals surface area contributed by atoms with Crippen molar-refractivity contribution in [1.82, 2.24) is 15.0 Å². The first-order chi connectivity index (χ1) is 16.1. The van der Waals surface area contributed by atoms with E-state index in [2.05, 4.69) is 34.0 Å². The summed E-state index contributed by atoms with van der Waals surface area (Å²) < 4.78 is 5.34. The van der Waals surface area contributed by atoms with Gasteiger partial charge in [0, 0.05) is 24.4 Å². The molecule has 2 heterocycles. The van der Waals surface area contributed by atoms with Crippen molar-refractivity contribution in [3.05, 3.63) is 90.0 Å². The number of benzene rings is 2. The SMILES string of the molecule is CCCc1ccc(-c2cnc(N)c(C(=O)Cc3cnccc3-c3cccc(OC)c3)n2)cc1. The number of carbonyl (C=O) groups is 1. The van der Waals surface area contributed by atoms with Gasteiger partial charge in [0.2, 0.25) is 0 Å². The molecule has 4 aromatic rings. The third kappa shape index (κ3) is 5.06. The number of hydrogen-bond donors (Lipinski definition) is 1. The third-order valence-corrected chi connectivity index (χ3v) is 5.49. The predicted molar refractivity (Wildman–Crippen MR) is 130 cm³/mol. The lowest BCUT2D eigenvalue weighted by Crippen LogP contribution is -2.12. The number of ether oxygens (including phenoxy) is 1. The molecule has 0 radical (unpaired) electrons. The van der Waals surface area contributed by atoms with E-state index in [1.807, 2.05) is 42.5 Å². The molecule has 166 valence electrons. The summed E-state index contributed by atoms with van der Waals surface area (Å²) in [5.74, 6) is 0.661. The number of ketones is 1. The Balaban J connectivity index is 1.63. The zero-order chi connectivity index (χ0) is 23.2. The van der Waals surface area contributed by atoms with Crippen LogP contribution in [0.1, 0.15) is 35.0 Å². The van der Waals surface area contributed by atoms with Crippen molar-refractivity contribution < 1.29 is 9.53 Å². The van der Waals surface area contributed by atoms with Crippen LogP contribution in [0, 0.1) is 0 Å². The quantitative estimate of drug-likeness (QED) is 0.382. The van der Waals surface area contributed by atoms with Crippen molar-refractivity contribution in [3.8, 4) is 28.1 Å². The molecule has 33 heavy (non-hydrogen) atoms. The van der Waals surface area contributed by atoms with Gasteiger partial charge in [-0.05, 0) is 46.9 Å². The largest absolute Gasteiger partial charge is 0.497 e. The van der Waals surface area contributed by atoms with E-state index in [1.54, 1.807) is 25.7 Å². The van der Waals surface area contributed by atoms with Crippen LogP contribution in [-0.2, 0) is 12.8 Å². The van der Waals surface area contributed by atoms with Crippen LogP contribution < -0.4 is 10.5 Å². The van der Waals surface area contributed by atoms with Gasteiger partial charge < -0.3 is 10.5 Å². The van der Waals surface area contributed by atoms with Gasteiger partial charge in [0.05, 0.1) is 19.0 Å². The minimum Gasteiger partial charge on any atom is -0.497 e. The van der Waals surface area contributed by atoms with Crippen LogP contribution in [0.3, 0.4) is 0 Å². The molecule has 0 aliphatic carbocycles. The standard InChI is InChI=1S/C27H26N4O2/c1-3-5-18-8-10-19(11-9-18)24-17-30-27(28)26(31-24)25(32)15-21-16-29-13-12-23(21)20-6-4-7-22(14-20)33-2/h4,6-14,16-17H,3,5,15H2,1-2H3,(H2,28,30). The number of aryl methyl sites for hydroxylation is 1. The second-order valence-corrected chi connectivity index (χ2v) is 7.80. The van der Waals surface area contributed by atoms with Crippen LogP contribution in [0.2, 0.25) is 0 Å². The Bertz CT molecular complexity index is 1270. The molecule has 0 unspecified atom stereocenters. The number of nitrogens with two attached hydrogens (primary N) is 1. The van der Waals surface area contributed by atoms with Crippen LogP contribution in [0.25, 0.3) is 22.4 Å². The van der Waals surface area contributed by atoms with Gasteiger partial charge in [0.1, 0.15) is 11.4 Å². The highest BCUT2D eigenvalue weighted by atomic mass is 16.5. The summed E-state index contributed by atoms with van der Waals surface area (Å²) in [6, 6.07) is 17.8. The molecule has 0 amide bonds. The summed E-state index contributed by atoms with van der Waals surface area (Å²) in [6.07, 6.45) is 7.24. The lowest BCUT2D eigenvalue weighted by Gasteiger charge is -2.11. The lowest BCUT2D eigenvalue weighted by atomic mass is 9.97. The molecule has 0 saturated heterocycles. The van der Waals surface area contributed by atoms with Crippen molar-refractivity contribution in [2.75, 3.05) is 12.8 Å². The van der Waals surface area contributed by atoms with E-state index in [-0.39, 0.29) is 23.7 Å². The summed E-state index contributed by atoms with van der Waals surface area (Å²) >= 11 is 0. The number of Topliss-reactive ketones (excluding diaryl/α,β-unsaturated/α-hetero) is 1. The van der Waals surface area contributed by atoms with Gasteiger partial charge in [-0.2, -0.15) is 0 Å². The Morgan fingerprint density at radius 1 is 1.03 bits per heavy atom.